The zero-order chi connectivity index (χ0) is 13.2. The Kier molecular flexibility index (Phi) is 8.01. The fourth-order valence-electron chi connectivity index (χ4n) is 2.36. The second kappa shape index (κ2) is 9.34. The molecule has 18 heavy (non-hydrogen) atoms. The van der Waals surface area contributed by atoms with E-state index in [1.807, 2.05) is 4.90 Å². The molecule has 1 saturated heterocycles. The van der Waals surface area contributed by atoms with Gasteiger partial charge < -0.3 is 10.6 Å². The molecule has 4 heteroatoms. The molecule has 0 bridgehead atoms. The third-order valence-electron chi connectivity index (χ3n) is 3.65. The van der Waals surface area contributed by atoms with Crippen LogP contribution in [0.5, 0.6) is 0 Å². The van der Waals surface area contributed by atoms with E-state index in [1.165, 1.54) is 12.8 Å². The van der Waals surface area contributed by atoms with Crippen LogP contribution in [0.25, 0.3) is 0 Å². The molecule has 1 rings (SSSR count). The van der Waals surface area contributed by atoms with Crippen LogP contribution in [-0.2, 0) is 4.79 Å². The summed E-state index contributed by atoms with van der Waals surface area (Å²) in [5.41, 5.74) is 5.48. The number of carbonyl (C=O) groups excluding carboxylic acids is 1. The predicted octanol–water partition coefficient (Wildman–Crippen LogP) is 1.45. The van der Waals surface area contributed by atoms with E-state index < -0.39 is 0 Å². The Hall–Kier alpha value is -0.610. The van der Waals surface area contributed by atoms with Crippen molar-refractivity contribution in [2.75, 3.05) is 39.3 Å². The second-order valence-corrected chi connectivity index (χ2v) is 5.18. The van der Waals surface area contributed by atoms with Crippen LogP contribution < -0.4 is 5.73 Å². The summed E-state index contributed by atoms with van der Waals surface area (Å²) in [6.45, 7) is 8.02. The highest BCUT2D eigenvalue weighted by Gasteiger charge is 2.19. The molecule has 1 heterocycles. The molecule has 0 aliphatic carbocycles. The summed E-state index contributed by atoms with van der Waals surface area (Å²) < 4.78 is 0. The lowest BCUT2D eigenvalue weighted by Gasteiger charge is -2.34. The minimum absolute atomic E-state index is 0.347. The highest BCUT2D eigenvalue weighted by atomic mass is 16.2. The Bertz CT molecular complexity index is 225. The molecule has 1 aliphatic heterocycles. The van der Waals surface area contributed by atoms with Gasteiger partial charge in [-0.05, 0) is 32.4 Å². The van der Waals surface area contributed by atoms with Gasteiger partial charge in [-0.25, -0.2) is 0 Å². The van der Waals surface area contributed by atoms with Crippen molar-refractivity contribution in [3.05, 3.63) is 0 Å². The largest absolute Gasteiger partial charge is 0.340 e. The van der Waals surface area contributed by atoms with Crippen LogP contribution in [0.2, 0.25) is 0 Å². The molecule has 0 aromatic carbocycles. The van der Waals surface area contributed by atoms with Crippen molar-refractivity contribution >= 4 is 5.91 Å². The summed E-state index contributed by atoms with van der Waals surface area (Å²) >= 11 is 0. The van der Waals surface area contributed by atoms with Gasteiger partial charge in [0.15, 0.2) is 0 Å². The summed E-state index contributed by atoms with van der Waals surface area (Å²) in [6, 6.07) is 0. The van der Waals surface area contributed by atoms with E-state index in [1.54, 1.807) is 0 Å². The Morgan fingerprint density at radius 1 is 1.06 bits per heavy atom. The third kappa shape index (κ3) is 5.83. The lowest BCUT2D eigenvalue weighted by Crippen LogP contribution is -2.48. The molecule has 0 unspecified atom stereocenters. The summed E-state index contributed by atoms with van der Waals surface area (Å²) in [7, 11) is 0. The molecule has 1 aliphatic rings. The molecular weight excluding hydrogens is 226 g/mol. The molecule has 0 spiro atoms. The van der Waals surface area contributed by atoms with Crippen LogP contribution in [0, 0.1) is 0 Å². The smallest absolute Gasteiger partial charge is 0.222 e. The number of carbonyl (C=O) groups is 1. The topological polar surface area (TPSA) is 49.6 Å². The first-order valence-electron chi connectivity index (χ1n) is 7.48. The highest BCUT2D eigenvalue weighted by molar-refractivity contribution is 5.76. The predicted molar refractivity (Wildman–Crippen MR) is 75.5 cm³/mol. The maximum atomic E-state index is 11.9. The third-order valence-corrected chi connectivity index (χ3v) is 3.65. The number of rotatable bonds is 8. The van der Waals surface area contributed by atoms with E-state index in [4.69, 9.17) is 5.73 Å². The molecule has 2 N–H and O–H groups in total. The standard InChI is InChI=1S/C14H29N3O/c1-2-3-7-14(18)17-12-10-16(11-13-17)9-6-4-5-8-15/h2-13,15H2,1H3. The number of nitrogens with two attached hydrogens (primary N) is 1. The highest BCUT2D eigenvalue weighted by Crippen LogP contribution is 2.07. The average Bonchev–Trinajstić information content (AvgIpc) is 2.41. The molecule has 1 amide bonds. The quantitative estimate of drug-likeness (QED) is 0.668. The van der Waals surface area contributed by atoms with E-state index in [0.717, 1.165) is 65.0 Å². The van der Waals surface area contributed by atoms with E-state index >= 15 is 0 Å². The summed E-state index contributed by atoms with van der Waals surface area (Å²) in [5.74, 6) is 0.347. The molecule has 1 fully saturated rings. The SMILES string of the molecule is CCCCC(=O)N1CCN(CCCCCN)CC1. The van der Waals surface area contributed by atoms with Gasteiger partial charge in [0.25, 0.3) is 0 Å². The second-order valence-electron chi connectivity index (χ2n) is 5.18. The molecule has 0 saturated carbocycles. The number of hydrogen-bond donors (Lipinski definition) is 1. The van der Waals surface area contributed by atoms with Crippen molar-refractivity contribution in [3.63, 3.8) is 0 Å². The molecule has 0 aromatic heterocycles. The Labute approximate surface area is 111 Å². The van der Waals surface area contributed by atoms with Crippen molar-refractivity contribution < 1.29 is 4.79 Å². The van der Waals surface area contributed by atoms with Crippen LogP contribution in [0.4, 0.5) is 0 Å². The summed E-state index contributed by atoms with van der Waals surface area (Å²) in [5, 5.41) is 0. The van der Waals surface area contributed by atoms with Gasteiger partial charge in [-0.3, -0.25) is 9.69 Å². The van der Waals surface area contributed by atoms with Crippen LogP contribution in [0.3, 0.4) is 0 Å². The van der Waals surface area contributed by atoms with E-state index in [2.05, 4.69) is 11.8 Å². The van der Waals surface area contributed by atoms with Gasteiger partial charge >= 0.3 is 0 Å². The molecule has 4 nitrogen and oxygen atoms in total. The fourth-order valence-corrected chi connectivity index (χ4v) is 2.36. The van der Waals surface area contributed by atoms with Gasteiger partial charge in [0.1, 0.15) is 0 Å². The van der Waals surface area contributed by atoms with Crippen LogP contribution in [-0.4, -0.2) is 55.0 Å². The van der Waals surface area contributed by atoms with E-state index in [9.17, 15) is 4.79 Å². The first kappa shape index (κ1) is 15.4. The number of hydrogen-bond acceptors (Lipinski definition) is 3. The van der Waals surface area contributed by atoms with Crippen LogP contribution >= 0.6 is 0 Å². The lowest BCUT2D eigenvalue weighted by molar-refractivity contribution is -0.133. The van der Waals surface area contributed by atoms with Gasteiger partial charge in [-0.15, -0.1) is 0 Å². The zero-order valence-electron chi connectivity index (χ0n) is 11.9. The monoisotopic (exact) mass is 255 g/mol. The maximum absolute atomic E-state index is 11.9. The van der Waals surface area contributed by atoms with Crippen molar-refractivity contribution in [2.24, 2.45) is 5.73 Å². The summed E-state index contributed by atoms with van der Waals surface area (Å²) in [6.07, 6.45) is 6.46. The molecule has 106 valence electrons. The lowest BCUT2D eigenvalue weighted by atomic mass is 10.2. The number of unbranched alkanes of at least 4 members (excludes halogenated alkanes) is 3. The Morgan fingerprint density at radius 2 is 1.78 bits per heavy atom. The average molecular weight is 255 g/mol. The van der Waals surface area contributed by atoms with Crippen LogP contribution in [0.1, 0.15) is 45.4 Å². The van der Waals surface area contributed by atoms with E-state index in [-0.39, 0.29) is 0 Å². The Balaban J connectivity index is 2.10. The van der Waals surface area contributed by atoms with E-state index in [0.29, 0.717) is 5.91 Å². The molecular formula is C14H29N3O. The van der Waals surface area contributed by atoms with Crippen LogP contribution in [0.15, 0.2) is 0 Å². The Morgan fingerprint density at radius 3 is 2.39 bits per heavy atom. The first-order chi connectivity index (χ1) is 8.77. The van der Waals surface area contributed by atoms with Gasteiger partial charge in [0.05, 0.1) is 0 Å². The molecule has 0 atom stereocenters. The van der Waals surface area contributed by atoms with Crippen molar-refractivity contribution in [3.8, 4) is 0 Å². The molecule has 0 radical (unpaired) electrons. The normalized spacial score (nSPS) is 17.1. The minimum Gasteiger partial charge on any atom is -0.340 e. The number of amides is 1. The number of nitrogens with zero attached hydrogens (tertiary/aromatic N) is 2. The van der Waals surface area contributed by atoms with Crippen molar-refractivity contribution in [1.29, 1.82) is 0 Å². The van der Waals surface area contributed by atoms with Gasteiger partial charge in [-0.1, -0.05) is 19.8 Å². The zero-order valence-corrected chi connectivity index (χ0v) is 11.9. The molecule has 0 aromatic rings. The minimum atomic E-state index is 0.347. The maximum Gasteiger partial charge on any atom is 0.222 e. The number of piperazine rings is 1. The van der Waals surface area contributed by atoms with Crippen molar-refractivity contribution in [1.82, 2.24) is 9.80 Å². The van der Waals surface area contributed by atoms with Gasteiger partial charge in [-0.2, -0.15) is 0 Å². The fraction of sp³-hybridized carbons (Fsp3) is 0.929. The summed E-state index contributed by atoms with van der Waals surface area (Å²) in [4.78, 5) is 16.4. The van der Waals surface area contributed by atoms with Gasteiger partial charge in [0, 0.05) is 32.6 Å². The van der Waals surface area contributed by atoms with Gasteiger partial charge in [0.2, 0.25) is 5.91 Å². The first-order valence-corrected chi connectivity index (χ1v) is 7.48. The van der Waals surface area contributed by atoms with Crippen molar-refractivity contribution in [2.45, 2.75) is 45.4 Å².